The van der Waals surface area contributed by atoms with Gasteiger partial charge in [0.05, 0.1) is 12.2 Å². The molecule has 1 saturated heterocycles. The van der Waals surface area contributed by atoms with Crippen LogP contribution in [0.4, 0.5) is 23.7 Å². The molecule has 2 N–H and O–H groups in total. The van der Waals surface area contributed by atoms with E-state index in [2.05, 4.69) is 15.5 Å². The van der Waals surface area contributed by atoms with Gasteiger partial charge in [-0.25, -0.2) is 4.79 Å². The lowest BCUT2D eigenvalue weighted by Gasteiger charge is -2.31. The first-order valence-corrected chi connectivity index (χ1v) is 8.32. The summed E-state index contributed by atoms with van der Waals surface area (Å²) >= 11 is 0. The Balaban J connectivity index is 1.73. The molecule has 1 aliphatic rings. The van der Waals surface area contributed by atoms with Crippen LogP contribution >= 0.6 is 0 Å². The van der Waals surface area contributed by atoms with Gasteiger partial charge in [-0.15, -0.1) is 0 Å². The van der Waals surface area contributed by atoms with Gasteiger partial charge in [-0.05, 0) is 50.0 Å². The number of anilines is 1. The molecule has 0 unspecified atom stereocenters. The first-order chi connectivity index (χ1) is 11.9. The van der Waals surface area contributed by atoms with E-state index in [4.69, 9.17) is 4.74 Å². The Morgan fingerprint density at radius 3 is 2.68 bits per heavy atom. The van der Waals surface area contributed by atoms with Gasteiger partial charge in [0.25, 0.3) is 0 Å². The highest BCUT2D eigenvalue weighted by atomic mass is 19.4. The fourth-order valence-electron chi connectivity index (χ4n) is 2.82. The maximum Gasteiger partial charge on any atom is 0.416 e. The van der Waals surface area contributed by atoms with Crippen molar-refractivity contribution < 1.29 is 22.7 Å². The first kappa shape index (κ1) is 19.5. The molecular formula is C17H24F3N3O2. The molecule has 0 saturated carbocycles. The lowest BCUT2D eigenvalue weighted by molar-refractivity contribution is -0.137. The van der Waals surface area contributed by atoms with Crippen LogP contribution < -0.4 is 10.6 Å². The van der Waals surface area contributed by atoms with Crippen LogP contribution in [-0.2, 0) is 10.9 Å². The van der Waals surface area contributed by atoms with Crippen molar-refractivity contribution in [2.24, 2.45) is 5.92 Å². The van der Waals surface area contributed by atoms with E-state index >= 15 is 0 Å². The third kappa shape index (κ3) is 6.55. The van der Waals surface area contributed by atoms with Crippen molar-refractivity contribution in [1.82, 2.24) is 10.2 Å². The number of piperidine rings is 1. The van der Waals surface area contributed by atoms with Gasteiger partial charge in [-0.2, -0.15) is 13.2 Å². The summed E-state index contributed by atoms with van der Waals surface area (Å²) in [5, 5.41) is 5.20. The Morgan fingerprint density at radius 2 is 2.04 bits per heavy atom. The number of halogens is 3. The number of likely N-dealkylation sites (tertiary alicyclic amines) is 1. The molecule has 1 aliphatic heterocycles. The molecule has 25 heavy (non-hydrogen) atoms. The number of rotatable bonds is 6. The van der Waals surface area contributed by atoms with Crippen molar-refractivity contribution in [2.45, 2.75) is 19.0 Å². The number of nitrogens with zero attached hydrogens (tertiary/aromatic N) is 1. The lowest BCUT2D eigenvalue weighted by atomic mass is 9.97. The van der Waals surface area contributed by atoms with Crippen molar-refractivity contribution in [3.05, 3.63) is 29.8 Å². The van der Waals surface area contributed by atoms with Crippen LogP contribution in [0.25, 0.3) is 0 Å². The van der Waals surface area contributed by atoms with Gasteiger partial charge in [0, 0.05) is 25.9 Å². The fraction of sp³-hybridized carbons (Fsp3) is 0.588. The molecule has 0 aliphatic carbocycles. The fourth-order valence-corrected chi connectivity index (χ4v) is 2.82. The summed E-state index contributed by atoms with van der Waals surface area (Å²) in [4.78, 5) is 14.2. The number of carbonyl (C=O) groups is 1. The molecule has 1 aromatic rings. The van der Waals surface area contributed by atoms with Crippen molar-refractivity contribution in [1.29, 1.82) is 0 Å². The second kappa shape index (κ2) is 9.05. The highest BCUT2D eigenvalue weighted by Gasteiger charge is 2.30. The number of benzene rings is 1. The van der Waals surface area contributed by atoms with E-state index in [1.165, 1.54) is 12.1 Å². The third-order valence-electron chi connectivity index (χ3n) is 4.32. The molecule has 1 fully saturated rings. The highest BCUT2D eigenvalue weighted by Crippen LogP contribution is 2.30. The summed E-state index contributed by atoms with van der Waals surface area (Å²) < 4.78 is 43.1. The summed E-state index contributed by atoms with van der Waals surface area (Å²) in [7, 11) is 1.68. The van der Waals surface area contributed by atoms with Crippen molar-refractivity contribution >= 4 is 11.7 Å². The zero-order valence-corrected chi connectivity index (χ0v) is 14.2. The summed E-state index contributed by atoms with van der Waals surface area (Å²) in [6.45, 7) is 4.06. The molecular weight excluding hydrogens is 335 g/mol. The normalized spacial score (nSPS) is 16.6. The predicted molar refractivity (Wildman–Crippen MR) is 89.5 cm³/mol. The van der Waals surface area contributed by atoms with E-state index < -0.39 is 17.8 Å². The smallest absolute Gasteiger partial charge is 0.383 e. The van der Waals surface area contributed by atoms with Gasteiger partial charge in [-0.1, -0.05) is 6.07 Å². The standard InChI is InChI=1S/C17H24F3N3O2/c1-25-10-9-23-7-5-13(6-8-23)12-21-16(24)22-15-4-2-3-14(11-15)17(18,19)20/h2-4,11,13H,5-10,12H2,1H3,(H2,21,22,24). The SMILES string of the molecule is COCCN1CCC(CNC(=O)Nc2cccc(C(F)(F)F)c2)CC1. The third-order valence-corrected chi connectivity index (χ3v) is 4.32. The summed E-state index contributed by atoms with van der Waals surface area (Å²) in [5.41, 5.74) is -0.657. The number of hydrogen-bond acceptors (Lipinski definition) is 3. The van der Waals surface area contributed by atoms with E-state index in [9.17, 15) is 18.0 Å². The molecule has 140 valence electrons. The van der Waals surface area contributed by atoms with Crippen LogP contribution in [0.3, 0.4) is 0 Å². The predicted octanol–water partition coefficient (Wildman–Crippen LogP) is 3.19. The Morgan fingerprint density at radius 1 is 1.32 bits per heavy atom. The molecule has 2 amide bonds. The Bertz CT molecular complexity index is 558. The minimum absolute atomic E-state index is 0.127. The van der Waals surface area contributed by atoms with Crippen LogP contribution in [0.15, 0.2) is 24.3 Å². The quantitative estimate of drug-likeness (QED) is 0.820. The van der Waals surface area contributed by atoms with Crippen molar-refractivity contribution in [2.75, 3.05) is 45.2 Å². The Labute approximate surface area is 145 Å². The zero-order chi connectivity index (χ0) is 18.3. The lowest BCUT2D eigenvalue weighted by Crippen LogP contribution is -2.40. The van der Waals surface area contributed by atoms with E-state index in [1.807, 2.05) is 0 Å². The zero-order valence-electron chi connectivity index (χ0n) is 14.2. The number of urea groups is 1. The number of amides is 2. The number of carbonyl (C=O) groups excluding carboxylic acids is 1. The monoisotopic (exact) mass is 359 g/mol. The molecule has 1 heterocycles. The summed E-state index contributed by atoms with van der Waals surface area (Å²) in [5.74, 6) is 0.381. The summed E-state index contributed by atoms with van der Waals surface area (Å²) in [6.07, 6.45) is -2.47. The van der Waals surface area contributed by atoms with Crippen molar-refractivity contribution in [3.8, 4) is 0 Å². The van der Waals surface area contributed by atoms with Crippen LogP contribution in [-0.4, -0.2) is 50.8 Å². The van der Waals surface area contributed by atoms with E-state index in [-0.39, 0.29) is 5.69 Å². The maximum atomic E-state index is 12.7. The molecule has 0 radical (unpaired) electrons. The van der Waals surface area contributed by atoms with E-state index in [1.54, 1.807) is 7.11 Å². The Hall–Kier alpha value is -1.80. The van der Waals surface area contributed by atoms with Gasteiger partial charge in [0.15, 0.2) is 0 Å². The number of hydrogen-bond donors (Lipinski definition) is 2. The highest BCUT2D eigenvalue weighted by molar-refractivity contribution is 5.89. The van der Waals surface area contributed by atoms with Gasteiger partial charge >= 0.3 is 12.2 Å². The molecule has 0 atom stereocenters. The van der Waals surface area contributed by atoms with Gasteiger partial charge in [0.1, 0.15) is 0 Å². The first-order valence-electron chi connectivity index (χ1n) is 8.32. The van der Waals surface area contributed by atoms with E-state index in [0.717, 1.165) is 44.6 Å². The van der Waals surface area contributed by atoms with Gasteiger partial charge in [-0.3, -0.25) is 0 Å². The molecule has 1 aromatic carbocycles. The average Bonchev–Trinajstić information content (AvgIpc) is 2.58. The molecule has 0 bridgehead atoms. The summed E-state index contributed by atoms with van der Waals surface area (Å²) in [6, 6.07) is 4.12. The second-order valence-corrected chi connectivity index (χ2v) is 6.19. The minimum atomic E-state index is -4.43. The van der Waals surface area contributed by atoms with Crippen LogP contribution in [0.1, 0.15) is 18.4 Å². The van der Waals surface area contributed by atoms with Crippen LogP contribution in [0, 0.1) is 5.92 Å². The van der Waals surface area contributed by atoms with E-state index in [0.29, 0.717) is 19.1 Å². The number of methoxy groups -OCH3 is 1. The topological polar surface area (TPSA) is 53.6 Å². The van der Waals surface area contributed by atoms with Crippen LogP contribution in [0.2, 0.25) is 0 Å². The largest absolute Gasteiger partial charge is 0.416 e. The molecule has 2 rings (SSSR count). The van der Waals surface area contributed by atoms with Crippen LogP contribution in [0.5, 0.6) is 0 Å². The number of alkyl halides is 3. The second-order valence-electron chi connectivity index (χ2n) is 6.19. The molecule has 0 aromatic heterocycles. The Kier molecular flexibility index (Phi) is 7.07. The maximum absolute atomic E-state index is 12.7. The average molecular weight is 359 g/mol. The molecule has 5 nitrogen and oxygen atoms in total. The number of ether oxygens (including phenoxy) is 1. The molecule has 0 spiro atoms. The minimum Gasteiger partial charge on any atom is -0.383 e. The number of nitrogens with one attached hydrogen (secondary N) is 2. The van der Waals surface area contributed by atoms with Gasteiger partial charge in [0.2, 0.25) is 0 Å². The molecule has 8 heteroatoms. The van der Waals surface area contributed by atoms with Gasteiger partial charge < -0.3 is 20.3 Å². The van der Waals surface area contributed by atoms with Crippen molar-refractivity contribution in [3.63, 3.8) is 0 Å².